The van der Waals surface area contributed by atoms with Gasteiger partial charge in [-0.15, -0.1) is 0 Å². The Morgan fingerprint density at radius 1 is 1.16 bits per heavy atom. The predicted octanol–water partition coefficient (Wildman–Crippen LogP) is 3.04. The van der Waals surface area contributed by atoms with Crippen LogP contribution in [0.25, 0.3) is 0 Å². The van der Waals surface area contributed by atoms with E-state index in [1.807, 2.05) is 0 Å². The van der Waals surface area contributed by atoms with Gasteiger partial charge < -0.3 is 20.4 Å². The third-order valence-corrected chi connectivity index (χ3v) is 4.91. The number of carboxylic acids is 1. The Kier molecular flexibility index (Phi) is 10.7. The minimum absolute atomic E-state index is 0.0418. The lowest BCUT2D eigenvalue weighted by Gasteiger charge is -2.19. The highest BCUT2D eigenvalue weighted by atomic mass is 16.4. The number of aliphatic hydroxyl groups is 3. The van der Waals surface area contributed by atoms with Crippen molar-refractivity contribution >= 4 is 5.97 Å². The van der Waals surface area contributed by atoms with Gasteiger partial charge in [0.1, 0.15) is 0 Å². The third kappa shape index (κ3) is 8.66. The van der Waals surface area contributed by atoms with Crippen LogP contribution >= 0.6 is 0 Å². The predicted molar refractivity (Wildman–Crippen MR) is 98.1 cm³/mol. The van der Waals surface area contributed by atoms with Gasteiger partial charge in [-0.05, 0) is 38.0 Å². The molecule has 0 saturated heterocycles. The van der Waals surface area contributed by atoms with E-state index in [2.05, 4.69) is 19.1 Å². The average Bonchev–Trinajstić information content (AvgIpc) is 2.81. The van der Waals surface area contributed by atoms with Crippen molar-refractivity contribution in [2.75, 3.05) is 0 Å². The molecule has 5 heteroatoms. The van der Waals surface area contributed by atoms with Gasteiger partial charge in [-0.1, -0.05) is 44.1 Å². The molecule has 1 aliphatic carbocycles. The van der Waals surface area contributed by atoms with Crippen molar-refractivity contribution < 1.29 is 25.2 Å². The van der Waals surface area contributed by atoms with Crippen molar-refractivity contribution in [3.8, 4) is 0 Å². The number of hydrogen-bond acceptors (Lipinski definition) is 4. The summed E-state index contributed by atoms with van der Waals surface area (Å²) in [7, 11) is 0. The minimum Gasteiger partial charge on any atom is -0.481 e. The Morgan fingerprint density at radius 2 is 1.92 bits per heavy atom. The standard InChI is InChI=1S/C20H34O5/c1-2-3-4-5-6-7-10-16-17(19(23)14-18(16)22)13-12-15(21)9-8-11-20(24)25/h6-7,12-13,15-19,21-23H,2-5,8-11,14H2,1H3,(H,24,25)/t15?,16-,17+,18-,19+/m1/s1. The number of allylic oxidation sites excluding steroid dienone is 2. The van der Waals surface area contributed by atoms with Crippen LogP contribution in [0.5, 0.6) is 0 Å². The summed E-state index contributed by atoms with van der Waals surface area (Å²) in [6, 6.07) is 0. The van der Waals surface area contributed by atoms with E-state index in [-0.39, 0.29) is 18.3 Å². The zero-order valence-corrected chi connectivity index (χ0v) is 15.3. The first kappa shape index (κ1) is 21.9. The maximum atomic E-state index is 10.5. The fourth-order valence-corrected chi connectivity index (χ4v) is 3.41. The van der Waals surface area contributed by atoms with Crippen LogP contribution in [0.4, 0.5) is 0 Å². The molecule has 1 unspecified atom stereocenters. The molecule has 1 saturated carbocycles. The average molecular weight is 354 g/mol. The maximum Gasteiger partial charge on any atom is 0.303 e. The molecule has 1 aliphatic rings. The topological polar surface area (TPSA) is 98.0 Å². The Labute approximate surface area is 151 Å². The van der Waals surface area contributed by atoms with E-state index in [0.717, 1.165) is 6.42 Å². The van der Waals surface area contributed by atoms with Gasteiger partial charge in [-0.2, -0.15) is 0 Å². The van der Waals surface area contributed by atoms with E-state index in [4.69, 9.17) is 5.11 Å². The monoisotopic (exact) mass is 354 g/mol. The molecular weight excluding hydrogens is 320 g/mol. The Hall–Kier alpha value is -1.17. The van der Waals surface area contributed by atoms with Crippen LogP contribution in [0.2, 0.25) is 0 Å². The SMILES string of the molecule is CCCCCC=CC[C@@H]1[C@H](C=CC(O)CCCC(=O)O)[C@@H](O)C[C@H]1O. The summed E-state index contributed by atoms with van der Waals surface area (Å²) in [5.74, 6) is -1.08. The first-order valence-corrected chi connectivity index (χ1v) is 9.55. The Morgan fingerprint density at radius 3 is 2.60 bits per heavy atom. The maximum absolute atomic E-state index is 10.5. The van der Waals surface area contributed by atoms with Crippen LogP contribution in [0.1, 0.15) is 64.7 Å². The zero-order valence-electron chi connectivity index (χ0n) is 15.3. The summed E-state index contributed by atoms with van der Waals surface area (Å²) in [5, 5.41) is 38.9. The van der Waals surface area contributed by atoms with Crippen LogP contribution in [-0.4, -0.2) is 44.7 Å². The van der Waals surface area contributed by atoms with Crippen molar-refractivity contribution in [1.29, 1.82) is 0 Å². The van der Waals surface area contributed by atoms with Gasteiger partial charge >= 0.3 is 5.97 Å². The zero-order chi connectivity index (χ0) is 18.7. The third-order valence-electron chi connectivity index (χ3n) is 4.91. The molecule has 0 aromatic rings. The normalized spacial score (nSPS) is 28.2. The van der Waals surface area contributed by atoms with E-state index in [0.29, 0.717) is 25.7 Å². The second-order valence-electron chi connectivity index (χ2n) is 7.05. The van der Waals surface area contributed by atoms with Crippen LogP contribution in [0.15, 0.2) is 24.3 Å². The number of carboxylic acid groups (broad SMARTS) is 1. The number of aliphatic carboxylic acids is 1. The quantitative estimate of drug-likeness (QED) is 0.319. The van der Waals surface area contributed by atoms with Gasteiger partial charge in [0.2, 0.25) is 0 Å². The molecule has 1 rings (SSSR count). The molecule has 5 atom stereocenters. The molecule has 0 aliphatic heterocycles. The van der Waals surface area contributed by atoms with Crippen LogP contribution in [-0.2, 0) is 4.79 Å². The summed E-state index contributed by atoms with van der Waals surface area (Å²) < 4.78 is 0. The van der Waals surface area contributed by atoms with Gasteiger partial charge in [0, 0.05) is 18.8 Å². The van der Waals surface area contributed by atoms with Crippen molar-refractivity contribution in [1.82, 2.24) is 0 Å². The van der Waals surface area contributed by atoms with Crippen LogP contribution < -0.4 is 0 Å². The number of rotatable bonds is 12. The number of hydrogen-bond donors (Lipinski definition) is 4. The molecule has 0 aromatic carbocycles. The molecule has 4 N–H and O–H groups in total. The second-order valence-corrected chi connectivity index (χ2v) is 7.05. The number of aliphatic hydroxyl groups excluding tert-OH is 3. The summed E-state index contributed by atoms with van der Waals surface area (Å²) in [5.41, 5.74) is 0. The van der Waals surface area contributed by atoms with Gasteiger partial charge in [0.15, 0.2) is 0 Å². The fraction of sp³-hybridized carbons (Fsp3) is 0.750. The Balaban J connectivity index is 2.47. The molecule has 0 bridgehead atoms. The molecule has 1 fully saturated rings. The van der Waals surface area contributed by atoms with Crippen molar-refractivity contribution in [3.63, 3.8) is 0 Å². The van der Waals surface area contributed by atoms with Crippen molar-refractivity contribution in [3.05, 3.63) is 24.3 Å². The molecular formula is C20H34O5. The highest BCUT2D eigenvalue weighted by molar-refractivity contribution is 5.66. The van der Waals surface area contributed by atoms with E-state index in [9.17, 15) is 20.1 Å². The molecule has 144 valence electrons. The molecule has 5 nitrogen and oxygen atoms in total. The van der Waals surface area contributed by atoms with Gasteiger partial charge in [0.25, 0.3) is 0 Å². The van der Waals surface area contributed by atoms with Crippen molar-refractivity contribution in [2.24, 2.45) is 11.8 Å². The summed E-state index contributed by atoms with van der Waals surface area (Å²) in [6.07, 6.45) is 12.4. The first-order chi connectivity index (χ1) is 12.0. The lowest BCUT2D eigenvalue weighted by molar-refractivity contribution is -0.137. The van der Waals surface area contributed by atoms with E-state index >= 15 is 0 Å². The van der Waals surface area contributed by atoms with Gasteiger partial charge in [0.05, 0.1) is 18.3 Å². The molecule has 0 aromatic heterocycles. The number of carbonyl (C=O) groups is 1. The molecule has 0 amide bonds. The Bertz CT molecular complexity index is 432. The summed E-state index contributed by atoms with van der Waals surface area (Å²) in [4.78, 5) is 10.5. The lowest BCUT2D eigenvalue weighted by atomic mass is 9.89. The first-order valence-electron chi connectivity index (χ1n) is 9.55. The minimum atomic E-state index is -0.865. The van der Waals surface area contributed by atoms with Crippen molar-refractivity contribution in [2.45, 2.75) is 83.0 Å². The highest BCUT2D eigenvalue weighted by Gasteiger charge is 2.39. The molecule has 0 heterocycles. The second kappa shape index (κ2) is 12.2. The summed E-state index contributed by atoms with van der Waals surface area (Å²) in [6.45, 7) is 2.17. The molecule has 25 heavy (non-hydrogen) atoms. The number of unbranched alkanes of at least 4 members (excludes halogenated alkanes) is 3. The molecule has 0 spiro atoms. The highest BCUT2D eigenvalue weighted by Crippen LogP contribution is 2.36. The largest absolute Gasteiger partial charge is 0.481 e. The van der Waals surface area contributed by atoms with Gasteiger partial charge in [-0.3, -0.25) is 4.79 Å². The smallest absolute Gasteiger partial charge is 0.303 e. The summed E-state index contributed by atoms with van der Waals surface area (Å²) >= 11 is 0. The van der Waals surface area contributed by atoms with E-state index < -0.39 is 24.3 Å². The fourth-order valence-electron chi connectivity index (χ4n) is 3.41. The van der Waals surface area contributed by atoms with Crippen LogP contribution in [0.3, 0.4) is 0 Å². The van der Waals surface area contributed by atoms with Gasteiger partial charge in [-0.25, -0.2) is 0 Å². The van der Waals surface area contributed by atoms with E-state index in [1.165, 1.54) is 19.3 Å². The van der Waals surface area contributed by atoms with Crippen LogP contribution in [0, 0.1) is 11.8 Å². The lowest BCUT2D eigenvalue weighted by Crippen LogP contribution is -2.20. The van der Waals surface area contributed by atoms with E-state index in [1.54, 1.807) is 12.2 Å². The molecule has 0 radical (unpaired) electrons.